The van der Waals surface area contributed by atoms with Gasteiger partial charge in [-0.25, -0.2) is 8.78 Å². The molecular formula is C32H37F2NO12. The molecule has 3 fully saturated rings. The van der Waals surface area contributed by atoms with Gasteiger partial charge in [0.05, 0.1) is 6.04 Å². The van der Waals surface area contributed by atoms with Crippen LogP contribution in [0.4, 0.5) is 8.78 Å². The van der Waals surface area contributed by atoms with Crippen molar-refractivity contribution in [2.75, 3.05) is 13.4 Å². The number of nitrogens with one attached hydrogen (secondary N) is 1. The predicted molar refractivity (Wildman–Crippen MR) is 158 cm³/mol. The number of hydrogen-bond donors (Lipinski definition) is 7. The van der Waals surface area contributed by atoms with Gasteiger partial charge in [0.1, 0.15) is 61.9 Å². The molecule has 7 N–H and O–H groups in total. The van der Waals surface area contributed by atoms with E-state index >= 15 is 0 Å². The third-order valence-corrected chi connectivity index (χ3v) is 8.49. The SMILES string of the molecule is C/C(=C\c1ccc(O[C@@H]2O[C@H](/C(C)=C/COc3ccc(F)c(F)c3)[C@@H](O)[C@@]2(C)O)c(O)c1)C(=O)N[C@@H]1[C@H](O)[C@@H](O)[C@H]2OCO[C@H]2[C@@H]1O. The number of amides is 1. The summed E-state index contributed by atoms with van der Waals surface area (Å²) in [6.07, 6.45) is -7.04. The molecule has 0 aromatic heterocycles. The fourth-order valence-electron chi connectivity index (χ4n) is 5.62. The average Bonchev–Trinajstić information content (AvgIpc) is 3.60. The minimum Gasteiger partial charge on any atom is -0.504 e. The minimum absolute atomic E-state index is 0.0709. The summed E-state index contributed by atoms with van der Waals surface area (Å²) in [6, 6.07) is 6.01. The lowest BCUT2D eigenvalue weighted by Crippen LogP contribution is -2.67. The number of phenolic OH excluding ortho intramolecular Hbond substituents is 1. The molecule has 0 radical (unpaired) electrons. The van der Waals surface area contributed by atoms with Crippen LogP contribution in [0, 0.1) is 11.6 Å². The van der Waals surface area contributed by atoms with Gasteiger partial charge in [-0.2, -0.15) is 0 Å². The van der Waals surface area contributed by atoms with E-state index in [2.05, 4.69) is 5.32 Å². The molecule has 3 aliphatic rings. The van der Waals surface area contributed by atoms with Crippen molar-refractivity contribution in [3.63, 3.8) is 0 Å². The van der Waals surface area contributed by atoms with Crippen LogP contribution in [0.5, 0.6) is 17.2 Å². The topological polar surface area (TPSA) is 197 Å². The number of aliphatic hydroxyl groups excluding tert-OH is 4. The van der Waals surface area contributed by atoms with Crippen molar-refractivity contribution in [3.8, 4) is 17.2 Å². The molecule has 5 rings (SSSR count). The van der Waals surface area contributed by atoms with E-state index in [-0.39, 0.29) is 36.2 Å². The Kier molecular flexibility index (Phi) is 10.2. The molecule has 0 bridgehead atoms. The smallest absolute Gasteiger partial charge is 0.247 e. The molecule has 15 heteroatoms. The summed E-state index contributed by atoms with van der Waals surface area (Å²) in [5, 5.41) is 66.3. The Hall–Kier alpha value is -3.67. The van der Waals surface area contributed by atoms with Crippen LogP contribution in [0.15, 0.2) is 53.6 Å². The van der Waals surface area contributed by atoms with E-state index < -0.39 is 78.2 Å². The van der Waals surface area contributed by atoms with Gasteiger partial charge in [-0.15, -0.1) is 0 Å². The Bertz CT molecular complexity index is 1530. The molecule has 47 heavy (non-hydrogen) atoms. The number of fused-ring (bicyclic) bond motifs is 1. The Labute approximate surface area is 268 Å². The number of aromatic hydroxyl groups is 1. The van der Waals surface area contributed by atoms with Gasteiger partial charge in [0.15, 0.2) is 28.7 Å². The summed E-state index contributed by atoms with van der Waals surface area (Å²) in [5.74, 6) is -3.11. The second-order valence-corrected chi connectivity index (χ2v) is 11.9. The number of aliphatic hydroxyl groups is 5. The molecule has 1 saturated carbocycles. The fraction of sp³-hybridized carbons (Fsp3) is 0.469. The summed E-state index contributed by atoms with van der Waals surface area (Å²) in [4.78, 5) is 12.9. The maximum atomic E-state index is 13.4. The number of carbonyl (C=O) groups excluding carboxylic acids is 1. The number of ether oxygens (including phenoxy) is 5. The highest BCUT2D eigenvalue weighted by Crippen LogP contribution is 2.38. The third kappa shape index (κ3) is 7.12. The van der Waals surface area contributed by atoms with Gasteiger partial charge in [-0.3, -0.25) is 4.79 Å². The van der Waals surface area contributed by atoms with E-state index in [9.17, 15) is 44.2 Å². The highest BCUT2D eigenvalue weighted by atomic mass is 19.2. The first-order valence-corrected chi connectivity index (χ1v) is 14.8. The molecule has 2 aromatic carbocycles. The Morgan fingerprint density at radius 3 is 2.40 bits per heavy atom. The van der Waals surface area contributed by atoms with Crippen molar-refractivity contribution < 1.29 is 67.9 Å². The molecule has 256 valence electrons. The van der Waals surface area contributed by atoms with E-state index in [1.807, 2.05) is 0 Å². The molecule has 2 saturated heterocycles. The van der Waals surface area contributed by atoms with Crippen molar-refractivity contribution in [1.82, 2.24) is 5.32 Å². The maximum absolute atomic E-state index is 13.4. The molecule has 13 nitrogen and oxygen atoms in total. The van der Waals surface area contributed by atoms with Crippen LogP contribution in [0.2, 0.25) is 0 Å². The van der Waals surface area contributed by atoms with Crippen molar-refractivity contribution in [2.45, 2.75) is 81.4 Å². The van der Waals surface area contributed by atoms with Crippen LogP contribution in [-0.4, -0.2) is 111 Å². The zero-order chi connectivity index (χ0) is 34.2. The number of benzene rings is 2. The molecule has 10 atom stereocenters. The van der Waals surface area contributed by atoms with E-state index in [4.69, 9.17) is 23.7 Å². The number of halogens is 2. The fourth-order valence-corrected chi connectivity index (χ4v) is 5.62. The Morgan fingerprint density at radius 2 is 1.72 bits per heavy atom. The Morgan fingerprint density at radius 1 is 1.02 bits per heavy atom. The van der Waals surface area contributed by atoms with Gasteiger partial charge in [0.25, 0.3) is 0 Å². The molecule has 2 aromatic rings. The lowest BCUT2D eigenvalue weighted by atomic mass is 9.83. The number of phenols is 1. The van der Waals surface area contributed by atoms with E-state index in [1.54, 1.807) is 6.92 Å². The summed E-state index contributed by atoms with van der Waals surface area (Å²) in [7, 11) is 0. The lowest BCUT2D eigenvalue weighted by Gasteiger charge is -2.41. The number of rotatable bonds is 9. The van der Waals surface area contributed by atoms with E-state index in [0.717, 1.165) is 12.1 Å². The van der Waals surface area contributed by atoms with Gasteiger partial charge in [0, 0.05) is 11.6 Å². The second kappa shape index (κ2) is 13.8. The van der Waals surface area contributed by atoms with Crippen molar-refractivity contribution in [1.29, 1.82) is 0 Å². The largest absolute Gasteiger partial charge is 0.504 e. The van der Waals surface area contributed by atoms with Crippen LogP contribution in [0.1, 0.15) is 26.3 Å². The number of hydrogen-bond acceptors (Lipinski definition) is 12. The molecule has 1 amide bonds. The van der Waals surface area contributed by atoms with Crippen LogP contribution in [0.3, 0.4) is 0 Å². The van der Waals surface area contributed by atoms with Crippen LogP contribution in [0.25, 0.3) is 6.08 Å². The van der Waals surface area contributed by atoms with Gasteiger partial charge in [0.2, 0.25) is 12.2 Å². The van der Waals surface area contributed by atoms with Gasteiger partial charge < -0.3 is 59.6 Å². The summed E-state index contributed by atoms with van der Waals surface area (Å²) in [6.45, 7) is 4.15. The first-order chi connectivity index (χ1) is 22.2. The number of carbonyl (C=O) groups is 1. The predicted octanol–water partition coefficient (Wildman–Crippen LogP) is 0.637. The summed E-state index contributed by atoms with van der Waals surface area (Å²) < 4.78 is 54.0. The zero-order valence-electron chi connectivity index (χ0n) is 25.6. The Balaban J connectivity index is 1.20. The molecule has 2 heterocycles. The molecule has 0 spiro atoms. The third-order valence-electron chi connectivity index (χ3n) is 8.49. The van der Waals surface area contributed by atoms with E-state index in [0.29, 0.717) is 11.1 Å². The van der Waals surface area contributed by atoms with Crippen molar-refractivity contribution >= 4 is 12.0 Å². The monoisotopic (exact) mass is 665 g/mol. The first kappa shape index (κ1) is 34.7. The quantitative estimate of drug-likeness (QED) is 0.146. The minimum atomic E-state index is -1.92. The highest BCUT2D eigenvalue weighted by molar-refractivity contribution is 5.97. The maximum Gasteiger partial charge on any atom is 0.247 e. The van der Waals surface area contributed by atoms with E-state index in [1.165, 1.54) is 50.3 Å². The second-order valence-electron chi connectivity index (χ2n) is 11.9. The normalized spacial score (nSPS) is 34.2. The average molecular weight is 666 g/mol. The first-order valence-electron chi connectivity index (χ1n) is 14.8. The highest BCUT2D eigenvalue weighted by Gasteiger charge is 2.55. The van der Waals surface area contributed by atoms with Crippen molar-refractivity contribution in [2.24, 2.45) is 0 Å². The van der Waals surface area contributed by atoms with Crippen molar-refractivity contribution in [3.05, 3.63) is 70.8 Å². The standard InChI is InChI=1S/C32H37F2NO12/c1-14(8-9-43-17-5-6-18(33)19(34)12-17)26-29(40)32(3,42)31(47-26)46-21-7-4-16(11-20(21)36)10-15(2)30(41)35-22-23(37)25(39)28-27(24(22)38)44-13-45-28/h4-8,10-12,22-29,31,36-40,42H,9,13H2,1-3H3,(H,35,41)/b14-8+,15-10+/t22-,23+,24-,25-,26-,27+,28-,29-,31-,32-/m1/s1. The molecular weight excluding hydrogens is 628 g/mol. The molecule has 1 aliphatic carbocycles. The summed E-state index contributed by atoms with van der Waals surface area (Å²) >= 11 is 0. The lowest BCUT2D eigenvalue weighted by molar-refractivity contribution is -0.155. The van der Waals surface area contributed by atoms with Crippen LogP contribution >= 0.6 is 0 Å². The van der Waals surface area contributed by atoms with Gasteiger partial charge in [-0.1, -0.05) is 6.07 Å². The van der Waals surface area contributed by atoms with Crippen LogP contribution < -0.4 is 14.8 Å². The van der Waals surface area contributed by atoms with Gasteiger partial charge >= 0.3 is 0 Å². The van der Waals surface area contributed by atoms with Gasteiger partial charge in [-0.05, 0) is 68.3 Å². The molecule has 0 unspecified atom stereocenters. The summed E-state index contributed by atoms with van der Waals surface area (Å²) in [5.41, 5.74) is -0.951. The zero-order valence-corrected chi connectivity index (χ0v) is 25.6. The van der Waals surface area contributed by atoms with Crippen LogP contribution in [-0.2, 0) is 19.0 Å². The molecule has 2 aliphatic heterocycles.